The molecule has 4 rings (SSSR count). The van der Waals surface area contributed by atoms with Gasteiger partial charge >= 0.3 is 0 Å². The Hall–Kier alpha value is -2.54. The molecule has 0 radical (unpaired) electrons. The third kappa shape index (κ3) is 2.92. The van der Waals surface area contributed by atoms with Crippen molar-refractivity contribution in [1.29, 1.82) is 0 Å². The summed E-state index contributed by atoms with van der Waals surface area (Å²) in [6.07, 6.45) is 6.87. The molecule has 1 amide bonds. The van der Waals surface area contributed by atoms with E-state index in [9.17, 15) is 4.79 Å². The van der Waals surface area contributed by atoms with Gasteiger partial charge in [-0.2, -0.15) is 0 Å². The first-order chi connectivity index (χ1) is 12.5. The zero-order valence-electron chi connectivity index (χ0n) is 15.2. The van der Waals surface area contributed by atoms with Gasteiger partial charge in [-0.1, -0.05) is 0 Å². The van der Waals surface area contributed by atoms with E-state index in [2.05, 4.69) is 4.98 Å². The van der Waals surface area contributed by atoms with Gasteiger partial charge in [0, 0.05) is 44.0 Å². The summed E-state index contributed by atoms with van der Waals surface area (Å²) in [4.78, 5) is 32.0. The van der Waals surface area contributed by atoms with Crippen molar-refractivity contribution >= 4 is 33.3 Å². The molecule has 3 heterocycles. The van der Waals surface area contributed by atoms with Crippen LogP contribution in [-0.2, 0) is 17.6 Å². The van der Waals surface area contributed by atoms with Gasteiger partial charge in [-0.05, 0) is 37.0 Å². The summed E-state index contributed by atoms with van der Waals surface area (Å²) in [5.41, 5.74) is 2.25. The summed E-state index contributed by atoms with van der Waals surface area (Å²) in [7, 11) is 5.47. The van der Waals surface area contributed by atoms with E-state index in [4.69, 9.17) is 9.97 Å². The Labute approximate surface area is 156 Å². The molecule has 0 aromatic carbocycles. The van der Waals surface area contributed by atoms with Gasteiger partial charge in [0.25, 0.3) is 0 Å². The number of fused-ring (bicyclic) bond motifs is 3. The van der Waals surface area contributed by atoms with Gasteiger partial charge in [0.1, 0.15) is 10.6 Å². The molecule has 134 valence electrons. The minimum absolute atomic E-state index is 0.0501. The standard InChI is InChI=1S/C19H21N5OS/c1-23(2)15(25)11-24(3)18-16-13-7-4-8-14(13)26-19(16)22-17(21-18)12-6-5-9-20-10-12/h5-6,9-10H,4,7-8,11H2,1-3H3. The molecule has 0 unspecified atom stereocenters. The maximum Gasteiger partial charge on any atom is 0.241 e. The van der Waals surface area contributed by atoms with Crippen molar-refractivity contribution in [2.24, 2.45) is 0 Å². The van der Waals surface area contributed by atoms with Crippen LogP contribution in [0.5, 0.6) is 0 Å². The molecule has 0 spiro atoms. The number of aromatic nitrogens is 3. The molecule has 26 heavy (non-hydrogen) atoms. The molecule has 7 heteroatoms. The first kappa shape index (κ1) is 16.9. The Kier molecular flexibility index (Phi) is 4.32. The van der Waals surface area contributed by atoms with Gasteiger partial charge in [0.15, 0.2) is 5.82 Å². The minimum Gasteiger partial charge on any atom is -0.350 e. The van der Waals surface area contributed by atoms with Gasteiger partial charge in [0.05, 0.1) is 11.9 Å². The molecule has 6 nitrogen and oxygen atoms in total. The van der Waals surface area contributed by atoms with E-state index in [1.165, 1.54) is 16.9 Å². The highest BCUT2D eigenvalue weighted by molar-refractivity contribution is 7.19. The fourth-order valence-electron chi connectivity index (χ4n) is 3.30. The third-order valence-electron chi connectivity index (χ3n) is 4.70. The lowest BCUT2D eigenvalue weighted by atomic mass is 10.1. The number of rotatable bonds is 4. The third-order valence-corrected chi connectivity index (χ3v) is 5.88. The summed E-state index contributed by atoms with van der Waals surface area (Å²) < 4.78 is 0. The van der Waals surface area contributed by atoms with E-state index in [1.54, 1.807) is 42.7 Å². The van der Waals surface area contributed by atoms with Crippen molar-refractivity contribution < 1.29 is 4.79 Å². The Morgan fingerprint density at radius 2 is 2.08 bits per heavy atom. The average Bonchev–Trinajstić information content (AvgIpc) is 3.22. The molecule has 0 saturated heterocycles. The van der Waals surface area contributed by atoms with Crippen molar-refractivity contribution in [1.82, 2.24) is 19.9 Å². The van der Waals surface area contributed by atoms with E-state index in [0.717, 1.165) is 34.4 Å². The summed E-state index contributed by atoms with van der Waals surface area (Å²) in [6, 6.07) is 3.85. The van der Waals surface area contributed by atoms with E-state index < -0.39 is 0 Å². The fraction of sp³-hybridized carbons (Fsp3) is 0.368. The Morgan fingerprint density at radius 1 is 1.23 bits per heavy atom. The lowest BCUT2D eigenvalue weighted by Gasteiger charge is -2.21. The maximum atomic E-state index is 12.2. The number of hydrogen-bond acceptors (Lipinski definition) is 6. The van der Waals surface area contributed by atoms with Crippen molar-refractivity contribution in [2.75, 3.05) is 32.6 Å². The Balaban J connectivity index is 1.86. The second-order valence-electron chi connectivity index (χ2n) is 6.79. The largest absolute Gasteiger partial charge is 0.350 e. The first-order valence-electron chi connectivity index (χ1n) is 8.68. The summed E-state index contributed by atoms with van der Waals surface area (Å²) in [5, 5.41) is 1.11. The zero-order valence-corrected chi connectivity index (χ0v) is 16.0. The number of likely N-dealkylation sites (N-methyl/N-ethyl adjacent to an activating group) is 2. The highest BCUT2D eigenvalue weighted by Crippen LogP contribution is 2.41. The molecule has 1 aliphatic rings. The van der Waals surface area contributed by atoms with Gasteiger partial charge in [-0.15, -0.1) is 11.3 Å². The van der Waals surface area contributed by atoms with Crippen LogP contribution in [0.15, 0.2) is 24.5 Å². The number of hydrogen-bond donors (Lipinski definition) is 0. The van der Waals surface area contributed by atoms with Crippen molar-refractivity contribution in [3.8, 4) is 11.4 Å². The summed E-state index contributed by atoms with van der Waals surface area (Å²) in [5.74, 6) is 1.54. The number of carbonyl (C=O) groups is 1. The molecular formula is C19H21N5OS. The van der Waals surface area contributed by atoms with E-state index >= 15 is 0 Å². The maximum absolute atomic E-state index is 12.2. The van der Waals surface area contributed by atoms with Crippen LogP contribution in [-0.4, -0.2) is 53.4 Å². The van der Waals surface area contributed by atoms with E-state index in [0.29, 0.717) is 5.82 Å². The van der Waals surface area contributed by atoms with Crippen LogP contribution in [0.4, 0.5) is 5.82 Å². The molecule has 1 aliphatic carbocycles. The number of carbonyl (C=O) groups excluding carboxylic acids is 1. The van der Waals surface area contributed by atoms with Gasteiger partial charge in [0.2, 0.25) is 5.91 Å². The molecule has 0 fully saturated rings. The molecule has 3 aromatic heterocycles. The quantitative estimate of drug-likeness (QED) is 0.710. The molecule has 0 bridgehead atoms. The first-order valence-corrected chi connectivity index (χ1v) is 9.50. The van der Waals surface area contributed by atoms with E-state index in [1.807, 2.05) is 24.1 Å². The van der Waals surface area contributed by atoms with Crippen LogP contribution in [0.1, 0.15) is 16.9 Å². The SMILES string of the molecule is CN(C)C(=O)CN(C)c1nc(-c2cccnc2)nc2sc3c(c12)CCC3. The lowest BCUT2D eigenvalue weighted by Crippen LogP contribution is -2.34. The predicted molar refractivity (Wildman–Crippen MR) is 105 cm³/mol. The van der Waals surface area contributed by atoms with Gasteiger partial charge < -0.3 is 9.80 Å². The zero-order chi connectivity index (χ0) is 18.3. The fourth-order valence-corrected chi connectivity index (χ4v) is 4.55. The van der Waals surface area contributed by atoms with Crippen LogP contribution < -0.4 is 4.90 Å². The van der Waals surface area contributed by atoms with Gasteiger partial charge in [-0.3, -0.25) is 9.78 Å². The number of pyridine rings is 1. The number of thiophene rings is 1. The van der Waals surface area contributed by atoms with Crippen LogP contribution in [0.25, 0.3) is 21.6 Å². The monoisotopic (exact) mass is 367 g/mol. The number of anilines is 1. The molecule has 0 aliphatic heterocycles. The van der Waals surface area contributed by atoms with Gasteiger partial charge in [-0.25, -0.2) is 9.97 Å². The molecule has 3 aromatic rings. The number of nitrogens with zero attached hydrogens (tertiary/aromatic N) is 5. The molecular weight excluding hydrogens is 346 g/mol. The topological polar surface area (TPSA) is 62.2 Å². The average molecular weight is 367 g/mol. The van der Waals surface area contributed by atoms with E-state index in [-0.39, 0.29) is 12.5 Å². The summed E-state index contributed by atoms with van der Waals surface area (Å²) in [6.45, 7) is 0.288. The Bertz CT molecular complexity index is 967. The number of aryl methyl sites for hydroxylation is 2. The molecule has 0 N–H and O–H groups in total. The van der Waals surface area contributed by atoms with Crippen LogP contribution in [0.2, 0.25) is 0 Å². The Morgan fingerprint density at radius 3 is 2.81 bits per heavy atom. The smallest absolute Gasteiger partial charge is 0.241 e. The van der Waals surface area contributed by atoms with Crippen LogP contribution in [0, 0.1) is 0 Å². The summed E-state index contributed by atoms with van der Waals surface area (Å²) >= 11 is 1.76. The second kappa shape index (κ2) is 6.64. The predicted octanol–water partition coefficient (Wildman–Crippen LogP) is 2.77. The van der Waals surface area contributed by atoms with Crippen LogP contribution >= 0.6 is 11.3 Å². The lowest BCUT2D eigenvalue weighted by molar-refractivity contribution is -0.127. The second-order valence-corrected chi connectivity index (χ2v) is 7.88. The van der Waals surface area contributed by atoms with Crippen molar-refractivity contribution in [3.63, 3.8) is 0 Å². The minimum atomic E-state index is 0.0501. The normalized spacial score (nSPS) is 13.0. The molecule has 0 atom stereocenters. The molecule has 0 saturated carbocycles. The number of amides is 1. The highest BCUT2D eigenvalue weighted by atomic mass is 32.1. The van der Waals surface area contributed by atoms with Crippen molar-refractivity contribution in [2.45, 2.75) is 19.3 Å². The van der Waals surface area contributed by atoms with Crippen LogP contribution in [0.3, 0.4) is 0 Å². The van der Waals surface area contributed by atoms with Crippen molar-refractivity contribution in [3.05, 3.63) is 35.0 Å². The highest BCUT2D eigenvalue weighted by Gasteiger charge is 2.25.